The van der Waals surface area contributed by atoms with Crippen molar-refractivity contribution >= 4 is 11.8 Å². The summed E-state index contributed by atoms with van der Waals surface area (Å²) in [7, 11) is 0. The summed E-state index contributed by atoms with van der Waals surface area (Å²) in [5.41, 5.74) is 0. The number of hydrogen-bond donors (Lipinski definition) is 2. The van der Waals surface area contributed by atoms with Gasteiger partial charge < -0.3 is 15.5 Å². The molecule has 1 rings (SSSR count). The number of nitrogens with one attached hydrogen (secondary N) is 2. The van der Waals surface area contributed by atoms with Crippen LogP contribution in [0.15, 0.2) is 0 Å². The number of hydrogen-bond acceptors (Lipinski definition) is 4. The molecule has 6 nitrogen and oxygen atoms in total. The molecule has 2 N–H and O–H groups in total. The standard InChI is InChI=1S/C13H26N4O2/c1-4-15-12(18)10-16(5-2)13(19)11(3)17-8-6-14-7-9-17/h11,14H,4-10H2,1-3H3,(H,15,18). The van der Waals surface area contributed by atoms with Crippen molar-refractivity contribution in [2.45, 2.75) is 26.8 Å². The number of carbonyl (C=O) groups is 2. The van der Waals surface area contributed by atoms with Crippen molar-refractivity contribution in [1.29, 1.82) is 0 Å². The van der Waals surface area contributed by atoms with Gasteiger partial charge in [-0.1, -0.05) is 0 Å². The van der Waals surface area contributed by atoms with Crippen LogP contribution in [0, 0.1) is 0 Å². The Labute approximate surface area is 115 Å². The summed E-state index contributed by atoms with van der Waals surface area (Å²) in [5, 5.41) is 6.00. The van der Waals surface area contributed by atoms with Crippen LogP contribution in [-0.2, 0) is 9.59 Å². The number of likely N-dealkylation sites (N-methyl/N-ethyl adjacent to an activating group) is 2. The summed E-state index contributed by atoms with van der Waals surface area (Å²) in [6.45, 7) is 10.6. The molecule has 1 saturated heterocycles. The van der Waals surface area contributed by atoms with Crippen LogP contribution in [0.2, 0.25) is 0 Å². The van der Waals surface area contributed by atoms with Gasteiger partial charge in [0, 0.05) is 39.3 Å². The third kappa shape index (κ3) is 4.80. The third-order valence-electron chi connectivity index (χ3n) is 3.46. The molecule has 0 aliphatic carbocycles. The first-order chi connectivity index (χ1) is 9.10. The summed E-state index contributed by atoms with van der Waals surface area (Å²) in [5.74, 6) is -0.0548. The highest BCUT2D eigenvalue weighted by atomic mass is 16.2. The van der Waals surface area contributed by atoms with Crippen molar-refractivity contribution in [2.24, 2.45) is 0 Å². The Morgan fingerprint density at radius 3 is 2.47 bits per heavy atom. The van der Waals surface area contributed by atoms with Crippen molar-refractivity contribution in [2.75, 3.05) is 45.8 Å². The first-order valence-electron chi connectivity index (χ1n) is 7.10. The van der Waals surface area contributed by atoms with Gasteiger partial charge >= 0.3 is 0 Å². The van der Waals surface area contributed by atoms with E-state index in [2.05, 4.69) is 15.5 Å². The van der Waals surface area contributed by atoms with E-state index in [0.29, 0.717) is 13.1 Å². The van der Waals surface area contributed by atoms with Crippen LogP contribution in [0.5, 0.6) is 0 Å². The molecule has 0 aromatic heterocycles. The molecule has 2 amide bonds. The van der Waals surface area contributed by atoms with Crippen LogP contribution in [0.3, 0.4) is 0 Å². The Hall–Kier alpha value is -1.14. The van der Waals surface area contributed by atoms with Gasteiger partial charge in [0.1, 0.15) is 0 Å². The van der Waals surface area contributed by atoms with Crippen LogP contribution in [-0.4, -0.2) is 73.5 Å². The van der Waals surface area contributed by atoms with Gasteiger partial charge in [0.05, 0.1) is 12.6 Å². The second kappa shape index (κ2) is 8.12. The second-order valence-electron chi connectivity index (χ2n) is 4.77. The Balaban J connectivity index is 2.53. The monoisotopic (exact) mass is 270 g/mol. The lowest BCUT2D eigenvalue weighted by molar-refractivity contribution is -0.140. The normalized spacial score (nSPS) is 17.8. The fraction of sp³-hybridized carbons (Fsp3) is 0.846. The van der Waals surface area contributed by atoms with Crippen LogP contribution in [0.25, 0.3) is 0 Å². The van der Waals surface area contributed by atoms with Gasteiger partial charge in [0.25, 0.3) is 0 Å². The average molecular weight is 270 g/mol. The number of piperazine rings is 1. The molecule has 1 aliphatic rings. The summed E-state index contributed by atoms with van der Waals surface area (Å²) in [4.78, 5) is 27.8. The van der Waals surface area contributed by atoms with Gasteiger partial charge in [-0.3, -0.25) is 14.5 Å². The fourth-order valence-corrected chi connectivity index (χ4v) is 2.26. The molecule has 1 atom stereocenters. The molecule has 0 radical (unpaired) electrons. The van der Waals surface area contributed by atoms with E-state index >= 15 is 0 Å². The molecule has 1 fully saturated rings. The average Bonchev–Trinajstić information content (AvgIpc) is 2.44. The van der Waals surface area contributed by atoms with Gasteiger partial charge in [-0.2, -0.15) is 0 Å². The van der Waals surface area contributed by atoms with Gasteiger partial charge in [0.15, 0.2) is 0 Å². The predicted molar refractivity (Wildman–Crippen MR) is 74.8 cm³/mol. The van der Waals surface area contributed by atoms with Gasteiger partial charge in [0.2, 0.25) is 11.8 Å². The van der Waals surface area contributed by atoms with E-state index in [4.69, 9.17) is 0 Å². The maximum Gasteiger partial charge on any atom is 0.240 e. The molecule has 0 saturated carbocycles. The van der Waals surface area contributed by atoms with Gasteiger partial charge in [-0.25, -0.2) is 0 Å². The molecule has 0 aromatic carbocycles. The third-order valence-corrected chi connectivity index (χ3v) is 3.46. The van der Waals surface area contributed by atoms with Crippen LogP contribution >= 0.6 is 0 Å². The Kier molecular flexibility index (Phi) is 6.80. The maximum absolute atomic E-state index is 12.4. The maximum atomic E-state index is 12.4. The van der Waals surface area contributed by atoms with Gasteiger partial charge in [-0.15, -0.1) is 0 Å². The van der Waals surface area contributed by atoms with Gasteiger partial charge in [-0.05, 0) is 20.8 Å². The molecular formula is C13H26N4O2. The molecule has 1 unspecified atom stereocenters. The van der Waals surface area contributed by atoms with Crippen molar-refractivity contribution in [1.82, 2.24) is 20.4 Å². The minimum atomic E-state index is -0.156. The largest absolute Gasteiger partial charge is 0.355 e. The SMILES string of the molecule is CCNC(=O)CN(CC)C(=O)C(C)N1CCNCC1. The molecule has 1 heterocycles. The zero-order valence-corrected chi connectivity index (χ0v) is 12.2. The first-order valence-corrected chi connectivity index (χ1v) is 7.10. The summed E-state index contributed by atoms with van der Waals surface area (Å²) < 4.78 is 0. The zero-order valence-electron chi connectivity index (χ0n) is 12.2. The lowest BCUT2D eigenvalue weighted by atomic mass is 10.2. The van der Waals surface area contributed by atoms with Crippen LogP contribution in [0.1, 0.15) is 20.8 Å². The van der Waals surface area contributed by atoms with Crippen molar-refractivity contribution in [3.8, 4) is 0 Å². The van der Waals surface area contributed by atoms with Crippen molar-refractivity contribution in [3.05, 3.63) is 0 Å². The minimum absolute atomic E-state index is 0.0376. The van der Waals surface area contributed by atoms with Crippen molar-refractivity contribution in [3.63, 3.8) is 0 Å². The predicted octanol–water partition coefficient (Wildman–Crippen LogP) is -0.735. The molecule has 110 valence electrons. The molecular weight excluding hydrogens is 244 g/mol. The quantitative estimate of drug-likeness (QED) is 0.667. The van der Waals surface area contributed by atoms with E-state index in [1.807, 2.05) is 20.8 Å². The Bertz CT molecular complexity index is 303. The van der Waals surface area contributed by atoms with E-state index in [1.54, 1.807) is 4.90 Å². The molecule has 19 heavy (non-hydrogen) atoms. The minimum Gasteiger partial charge on any atom is -0.355 e. The first kappa shape index (κ1) is 15.9. The second-order valence-corrected chi connectivity index (χ2v) is 4.77. The topological polar surface area (TPSA) is 64.7 Å². The molecule has 0 bridgehead atoms. The smallest absolute Gasteiger partial charge is 0.240 e. The molecule has 1 aliphatic heterocycles. The van der Waals surface area contributed by atoms with E-state index in [9.17, 15) is 9.59 Å². The molecule has 0 spiro atoms. The number of carbonyl (C=O) groups excluding carboxylic acids is 2. The Morgan fingerprint density at radius 2 is 1.95 bits per heavy atom. The van der Waals surface area contributed by atoms with Crippen LogP contribution < -0.4 is 10.6 Å². The molecule has 6 heteroatoms. The summed E-state index contributed by atoms with van der Waals surface area (Å²) in [6.07, 6.45) is 0. The van der Waals surface area contributed by atoms with E-state index in [-0.39, 0.29) is 24.4 Å². The molecule has 0 aromatic rings. The number of amides is 2. The lowest BCUT2D eigenvalue weighted by Gasteiger charge is -2.34. The highest BCUT2D eigenvalue weighted by Crippen LogP contribution is 2.05. The number of rotatable bonds is 6. The summed E-state index contributed by atoms with van der Waals surface area (Å²) in [6, 6.07) is -0.156. The lowest BCUT2D eigenvalue weighted by Crippen LogP contribution is -2.54. The highest BCUT2D eigenvalue weighted by molar-refractivity contribution is 5.87. The van der Waals surface area contributed by atoms with E-state index in [0.717, 1.165) is 26.2 Å². The summed E-state index contributed by atoms with van der Waals surface area (Å²) >= 11 is 0. The van der Waals surface area contributed by atoms with E-state index < -0.39 is 0 Å². The van der Waals surface area contributed by atoms with Crippen molar-refractivity contribution < 1.29 is 9.59 Å². The fourth-order valence-electron chi connectivity index (χ4n) is 2.26. The number of nitrogens with zero attached hydrogens (tertiary/aromatic N) is 2. The van der Waals surface area contributed by atoms with E-state index in [1.165, 1.54) is 0 Å². The highest BCUT2D eigenvalue weighted by Gasteiger charge is 2.27. The Morgan fingerprint density at radius 1 is 1.32 bits per heavy atom. The van der Waals surface area contributed by atoms with Crippen LogP contribution in [0.4, 0.5) is 0 Å². The zero-order chi connectivity index (χ0) is 14.3.